The first-order valence-electron chi connectivity index (χ1n) is 4.55. The fraction of sp³-hybridized carbons (Fsp3) is 0.182. The average molecular weight is 188 g/mol. The van der Waals surface area contributed by atoms with Gasteiger partial charge in [0, 0.05) is 23.5 Å². The van der Waals surface area contributed by atoms with E-state index in [-0.39, 0.29) is 5.78 Å². The van der Waals surface area contributed by atoms with Crippen LogP contribution in [0.1, 0.15) is 17.3 Å². The van der Waals surface area contributed by atoms with E-state index in [4.69, 9.17) is 5.73 Å². The Morgan fingerprint density at radius 2 is 2.29 bits per heavy atom. The first-order valence-corrected chi connectivity index (χ1v) is 4.55. The van der Waals surface area contributed by atoms with Gasteiger partial charge in [-0.2, -0.15) is 0 Å². The van der Waals surface area contributed by atoms with Crippen molar-refractivity contribution < 1.29 is 4.79 Å². The van der Waals surface area contributed by atoms with Crippen molar-refractivity contribution in [2.45, 2.75) is 13.0 Å². The Hall–Kier alpha value is -1.61. The number of Topliss-reactive ketones (excluding diaryl/α,β-unsaturated/α-hetero) is 1. The fourth-order valence-corrected chi connectivity index (χ4v) is 1.45. The van der Waals surface area contributed by atoms with Crippen molar-refractivity contribution in [3.05, 3.63) is 42.2 Å². The normalized spacial score (nSPS) is 13.0. The van der Waals surface area contributed by atoms with Crippen LogP contribution in [0, 0.1) is 0 Å². The van der Waals surface area contributed by atoms with Gasteiger partial charge in [-0.05, 0) is 25.1 Å². The monoisotopic (exact) mass is 188 g/mol. The second-order valence-corrected chi connectivity index (χ2v) is 3.41. The molecule has 2 heterocycles. The third-order valence-corrected chi connectivity index (χ3v) is 2.20. The average Bonchev–Trinajstić information content (AvgIpc) is 2.59. The molecule has 72 valence electrons. The van der Waals surface area contributed by atoms with Crippen LogP contribution in [-0.4, -0.2) is 16.2 Å². The van der Waals surface area contributed by atoms with Gasteiger partial charge in [0.05, 0.1) is 6.04 Å². The highest BCUT2D eigenvalue weighted by Gasteiger charge is 2.12. The molecule has 2 aromatic rings. The van der Waals surface area contributed by atoms with Crippen LogP contribution in [0.2, 0.25) is 0 Å². The smallest absolute Gasteiger partial charge is 0.180 e. The van der Waals surface area contributed by atoms with Crippen molar-refractivity contribution in [2.24, 2.45) is 5.73 Å². The van der Waals surface area contributed by atoms with Crippen molar-refractivity contribution in [3.63, 3.8) is 0 Å². The highest BCUT2D eigenvalue weighted by molar-refractivity contribution is 6.00. The maximum Gasteiger partial charge on any atom is 0.180 e. The maximum atomic E-state index is 11.6. The quantitative estimate of drug-likeness (QED) is 0.725. The van der Waals surface area contributed by atoms with E-state index in [0.29, 0.717) is 5.56 Å². The third kappa shape index (κ3) is 1.42. The van der Waals surface area contributed by atoms with Gasteiger partial charge in [-0.1, -0.05) is 6.07 Å². The van der Waals surface area contributed by atoms with Gasteiger partial charge in [0.2, 0.25) is 0 Å². The van der Waals surface area contributed by atoms with Gasteiger partial charge >= 0.3 is 0 Å². The molecule has 0 aliphatic carbocycles. The number of aromatic nitrogens is 1. The lowest BCUT2D eigenvalue weighted by atomic mass is 10.1. The van der Waals surface area contributed by atoms with E-state index in [2.05, 4.69) is 0 Å². The molecule has 2 rings (SSSR count). The van der Waals surface area contributed by atoms with Crippen molar-refractivity contribution >= 4 is 11.3 Å². The Balaban J connectivity index is 2.50. The topological polar surface area (TPSA) is 47.5 Å². The van der Waals surface area contributed by atoms with E-state index in [1.54, 1.807) is 13.1 Å². The Morgan fingerprint density at radius 1 is 1.50 bits per heavy atom. The van der Waals surface area contributed by atoms with Crippen LogP contribution in [-0.2, 0) is 0 Å². The van der Waals surface area contributed by atoms with Gasteiger partial charge in [-0.25, -0.2) is 0 Å². The Labute approximate surface area is 82.1 Å². The van der Waals surface area contributed by atoms with E-state index in [1.165, 1.54) is 0 Å². The number of nitrogens with zero attached hydrogens (tertiary/aromatic N) is 1. The summed E-state index contributed by atoms with van der Waals surface area (Å²) in [6.45, 7) is 1.70. The van der Waals surface area contributed by atoms with E-state index >= 15 is 0 Å². The molecule has 1 unspecified atom stereocenters. The van der Waals surface area contributed by atoms with Crippen LogP contribution in [0.5, 0.6) is 0 Å². The van der Waals surface area contributed by atoms with Crippen molar-refractivity contribution in [3.8, 4) is 0 Å². The van der Waals surface area contributed by atoms with Crippen molar-refractivity contribution in [1.82, 2.24) is 4.40 Å². The molecule has 0 saturated heterocycles. The molecule has 0 spiro atoms. The van der Waals surface area contributed by atoms with Crippen molar-refractivity contribution in [1.29, 1.82) is 0 Å². The number of carbonyl (C=O) groups excluding carboxylic acids is 1. The van der Waals surface area contributed by atoms with Gasteiger partial charge in [0.15, 0.2) is 5.78 Å². The minimum atomic E-state index is -0.438. The zero-order valence-electron chi connectivity index (χ0n) is 7.97. The molecular weight excluding hydrogens is 176 g/mol. The van der Waals surface area contributed by atoms with Gasteiger partial charge in [0.1, 0.15) is 0 Å². The Bertz CT molecular complexity index is 438. The molecule has 0 aliphatic rings. The summed E-state index contributed by atoms with van der Waals surface area (Å²) in [5.41, 5.74) is 7.21. The molecular formula is C11H12N2O. The van der Waals surface area contributed by atoms with Crippen LogP contribution in [0.4, 0.5) is 0 Å². The molecule has 1 atom stereocenters. The lowest BCUT2D eigenvalue weighted by Gasteiger charge is -1.99. The third-order valence-electron chi connectivity index (χ3n) is 2.20. The zero-order valence-corrected chi connectivity index (χ0v) is 7.97. The second kappa shape index (κ2) is 3.27. The number of rotatable bonds is 2. The van der Waals surface area contributed by atoms with Crippen LogP contribution in [0.25, 0.3) is 5.52 Å². The summed E-state index contributed by atoms with van der Waals surface area (Å²) in [5.74, 6) is -0.0197. The van der Waals surface area contributed by atoms with E-state index < -0.39 is 6.04 Å². The van der Waals surface area contributed by atoms with Gasteiger partial charge in [-0.3, -0.25) is 4.79 Å². The van der Waals surface area contributed by atoms with Gasteiger partial charge in [-0.15, -0.1) is 0 Å². The summed E-state index contributed by atoms with van der Waals surface area (Å²) in [7, 11) is 0. The molecule has 14 heavy (non-hydrogen) atoms. The Morgan fingerprint density at radius 3 is 2.93 bits per heavy atom. The summed E-state index contributed by atoms with van der Waals surface area (Å²) in [6, 6.07) is 7.24. The van der Waals surface area contributed by atoms with Crippen LogP contribution in [0.15, 0.2) is 36.7 Å². The van der Waals surface area contributed by atoms with Crippen LogP contribution >= 0.6 is 0 Å². The number of ketones is 1. The van der Waals surface area contributed by atoms with Crippen LogP contribution < -0.4 is 5.73 Å². The fourth-order valence-electron chi connectivity index (χ4n) is 1.45. The first kappa shape index (κ1) is 8.97. The predicted molar refractivity (Wildman–Crippen MR) is 55.4 cm³/mol. The number of hydrogen-bond acceptors (Lipinski definition) is 2. The van der Waals surface area contributed by atoms with Gasteiger partial charge < -0.3 is 10.1 Å². The molecule has 0 amide bonds. The largest absolute Gasteiger partial charge is 0.323 e. The molecule has 0 saturated carbocycles. The SMILES string of the molecule is CC(N)C(=O)c1cc2ccccn2c1. The molecule has 3 heteroatoms. The number of fused-ring (bicyclic) bond motifs is 1. The summed E-state index contributed by atoms with van der Waals surface area (Å²) < 4.78 is 1.91. The summed E-state index contributed by atoms with van der Waals surface area (Å²) in [6.07, 6.45) is 3.72. The summed E-state index contributed by atoms with van der Waals surface area (Å²) in [5, 5.41) is 0. The summed E-state index contributed by atoms with van der Waals surface area (Å²) >= 11 is 0. The molecule has 2 aromatic heterocycles. The Kier molecular flexibility index (Phi) is 2.09. The molecule has 0 fully saturated rings. The standard InChI is InChI=1S/C11H12N2O/c1-8(12)11(14)9-6-10-4-2-3-5-13(10)7-9/h2-8H,12H2,1H3. The summed E-state index contributed by atoms with van der Waals surface area (Å²) in [4.78, 5) is 11.6. The highest BCUT2D eigenvalue weighted by Crippen LogP contribution is 2.10. The zero-order chi connectivity index (χ0) is 10.1. The minimum absolute atomic E-state index is 0.0197. The predicted octanol–water partition coefficient (Wildman–Crippen LogP) is 1.47. The second-order valence-electron chi connectivity index (χ2n) is 3.41. The number of carbonyl (C=O) groups is 1. The molecule has 0 aliphatic heterocycles. The molecule has 0 bridgehead atoms. The highest BCUT2D eigenvalue weighted by atomic mass is 16.1. The number of nitrogens with two attached hydrogens (primary N) is 1. The van der Waals surface area contributed by atoms with Gasteiger partial charge in [0.25, 0.3) is 0 Å². The lowest BCUT2D eigenvalue weighted by molar-refractivity contribution is 0.0968. The van der Waals surface area contributed by atoms with E-state index in [1.807, 2.05) is 34.9 Å². The van der Waals surface area contributed by atoms with Crippen molar-refractivity contribution in [2.75, 3.05) is 0 Å². The molecule has 2 N–H and O–H groups in total. The first-order chi connectivity index (χ1) is 6.68. The number of pyridine rings is 1. The molecule has 3 nitrogen and oxygen atoms in total. The van der Waals surface area contributed by atoms with E-state index in [9.17, 15) is 4.79 Å². The minimum Gasteiger partial charge on any atom is -0.323 e. The van der Waals surface area contributed by atoms with E-state index in [0.717, 1.165) is 5.52 Å². The lowest BCUT2D eigenvalue weighted by Crippen LogP contribution is -2.26. The maximum absolute atomic E-state index is 11.6. The molecule has 0 aromatic carbocycles. The number of hydrogen-bond donors (Lipinski definition) is 1. The van der Waals surface area contributed by atoms with Crippen LogP contribution in [0.3, 0.4) is 0 Å². The molecule has 0 radical (unpaired) electrons.